The topological polar surface area (TPSA) is 35.5 Å². The smallest absolute Gasteiger partial charge is 0.302 e. The van der Waals surface area contributed by atoms with Crippen LogP contribution in [0.15, 0.2) is 18.2 Å². The number of rotatable bonds is 4. The molecule has 0 fully saturated rings. The number of methoxy groups -OCH3 is 1. The lowest BCUT2D eigenvalue weighted by atomic mass is 9.96. The summed E-state index contributed by atoms with van der Waals surface area (Å²) < 4.78 is 10.2. The number of carbonyl (C=O) groups is 1. The summed E-state index contributed by atoms with van der Waals surface area (Å²) in [5, 5.41) is 0.562. The van der Waals surface area contributed by atoms with Crippen LogP contribution in [0.4, 0.5) is 0 Å². The van der Waals surface area contributed by atoms with Crippen LogP contribution in [0.3, 0.4) is 0 Å². The molecule has 0 aliphatic rings. The van der Waals surface area contributed by atoms with Crippen LogP contribution in [-0.4, -0.2) is 19.2 Å². The Bertz CT molecular complexity index is 404. The molecule has 0 saturated heterocycles. The molecule has 0 aliphatic carbocycles. The largest absolute Gasteiger partial charge is 0.495 e. The monoisotopic (exact) mass is 256 g/mol. The minimum Gasteiger partial charge on any atom is -0.495 e. The van der Waals surface area contributed by atoms with Crippen LogP contribution >= 0.6 is 11.6 Å². The zero-order chi connectivity index (χ0) is 13.0. The average Bonchev–Trinajstić information content (AvgIpc) is 2.27. The van der Waals surface area contributed by atoms with Gasteiger partial charge in [0.2, 0.25) is 0 Å². The van der Waals surface area contributed by atoms with Gasteiger partial charge in [-0.05, 0) is 24.6 Å². The number of benzene rings is 1. The highest BCUT2D eigenvalue weighted by atomic mass is 35.5. The fourth-order valence-corrected chi connectivity index (χ4v) is 1.87. The molecule has 17 heavy (non-hydrogen) atoms. The van der Waals surface area contributed by atoms with Crippen molar-refractivity contribution >= 4 is 17.6 Å². The first-order valence-electron chi connectivity index (χ1n) is 5.46. The van der Waals surface area contributed by atoms with Crippen molar-refractivity contribution in [3.63, 3.8) is 0 Å². The number of carbonyl (C=O) groups excluding carboxylic acids is 1. The van der Waals surface area contributed by atoms with Crippen LogP contribution in [-0.2, 0) is 9.53 Å². The molecule has 0 unspecified atom stereocenters. The predicted octanol–water partition coefficient (Wildman–Crippen LogP) is 3.40. The Hall–Kier alpha value is -1.22. The summed E-state index contributed by atoms with van der Waals surface area (Å²) in [5.74, 6) is 0.453. The molecule has 2 atom stereocenters. The second kappa shape index (κ2) is 5.92. The maximum atomic E-state index is 10.9. The number of ether oxygens (including phenoxy) is 2. The van der Waals surface area contributed by atoms with E-state index in [-0.39, 0.29) is 18.0 Å². The standard InChI is InChI=1S/C13H17ClO3/c1-8(9(2)17-10(3)15)11-5-6-13(16-4)12(14)7-11/h5-9H,1-4H3/t8-,9-/m0/s1. The van der Waals surface area contributed by atoms with Gasteiger partial charge in [-0.2, -0.15) is 0 Å². The van der Waals surface area contributed by atoms with Gasteiger partial charge in [0.25, 0.3) is 0 Å². The van der Waals surface area contributed by atoms with E-state index in [1.165, 1.54) is 6.92 Å². The van der Waals surface area contributed by atoms with Gasteiger partial charge < -0.3 is 9.47 Å². The van der Waals surface area contributed by atoms with E-state index in [0.717, 1.165) is 5.56 Å². The molecule has 1 rings (SSSR count). The molecule has 0 N–H and O–H groups in total. The van der Waals surface area contributed by atoms with Gasteiger partial charge in [0, 0.05) is 12.8 Å². The number of hydrogen-bond donors (Lipinski definition) is 0. The third kappa shape index (κ3) is 3.63. The Kier molecular flexibility index (Phi) is 4.82. The summed E-state index contributed by atoms with van der Waals surface area (Å²) in [4.78, 5) is 10.9. The molecule has 1 aromatic rings. The minimum absolute atomic E-state index is 0.0855. The molecule has 0 spiro atoms. The zero-order valence-electron chi connectivity index (χ0n) is 10.5. The number of hydrogen-bond acceptors (Lipinski definition) is 3. The van der Waals surface area contributed by atoms with Crippen molar-refractivity contribution < 1.29 is 14.3 Å². The molecular weight excluding hydrogens is 240 g/mol. The molecule has 0 amide bonds. The SMILES string of the molecule is COc1ccc([C@@H](C)[C@H](C)OC(C)=O)cc1Cl. The van der Waals surface area contributed by atoms with Crippen LogP contribution in [0.1, 0.15) is 32.3 Å². The zero-order valence-corrected chi connectivity index (χ0v) is 11.2. The van der Waals surface area contributed by atoms with E-state index in [9.17, 15) is 4.79 Å². The molecule has 0 aliphatic heterocycles. The predicted molar refractivity (Wildman–Crippen MR) is 67.6 cm³/mol. The van der Waals surface area contributed by atoms with Crippen LogP contribution < -0.4 is 4.74 Å². The summed E-state index contributed by atoms with van der Waals surface area (Å²) in [6, 6.07) is 5.58. The van der Waals surface area contributed by atoms with Gasteiger partial charge in [0.15, 0.2) is 0 Å². The lowest BCUT2D eigenvalue weighted by Gasteiger charge is -2.20. The molecule has 0 heterocycles. The third-order valence-corrected chi connectivity index (χ3v) is 3.05. The van der Waals surface area contributed by atoms with Crippen LogP contribution in [0.5, 0.6) is 5.75 Å². The first-order chi connectivity index (χ1) is 7.95. The van der Waals surface area contributed by atoms with Gasteiger partial charge in [0.05, 0.1) is 12.1 Å². The summed E-state index contributed by atoms with van der Waals surface area (Å²) in [6.07, 6.45) is -0.183. The highest BCUT2D eigenvalue weighted by Gasteiger charge is 2.18. The summed E-state index contributed by atoms with van der Waals surface area (Å²) >= 11 is 6.05. The lowest BCUT2D eigenvalue weighted by molar-refractivity contribution is -0.146. The van der Waals surface area contributed by atoms with Crippen molar-refractivity contribution in [2.45, 2.75) is 32.8 Å². The van der Waals surface area contributed by atoms with Gasteiger partial charge in [0.1, 0.15) is 11.9 Å². The molecule has 0 saturated carbocycles. The van der Waals surface area contributed by atoms with Crippen LogP contribution in [0.2, 0.25) is 5.02 Å². The van der Waals surface area contributed by atoms with Gasteiger partial charge in [-0.25, -0.2) is 0 Å². The van der Waals surface area contributed by atoms with Crippen molar-refractivity contribution in [3.8, 4) is 5.75 Å². The normalized spacial score (nSPS) is 13.9. The van der Waals surface area contributed by atoms with Crippen molar-refractivity contribution in [2.24, 2.45) is 0 Å². The van der Waals surface area contributed by atoms with E-state index in [1.807, 2.05) is 32.0 Å². The van der Waals surface area contributed by atoms with Crippen molar-refractivity contribution in [1.29, 1.82) is 0 Å². The quantitative estimate of drug-likeness (QED) is 0.775. The maximum absolute atomic E-state index is 10.9. The van der Waals surface area contributed by atoms with Crippen molar-refractivity contribution in [2.75, 3.05) is 7.11 Å². The van der Waals surface area contributed by atoms with Crippen LogP contribution in [0, 0.1) is 0 Å². The Morgan fingerprint density at radius 2 is 2.00 bits per heavy atom. The minimum atomic E-state index is -0.274. The van der Waals surface area contributed by atoms with Gasteiger partial charge in [-0.3, -0.25) is 4.79 Å². The number of esters is 1. The van der Waals surface area contributed by atoms with Gasteiger partial charge in [-0.15, -0.1) is 0 Å². The van der Waals surface area contributed by atoms with E-state index in [4.69, 9.17) is 21.1 Å². The summed E-state index contributed by atoms with van der Waals surface area (Å²) in [7, 11) is 1.58. The highest BCUT2D eigenvalue weighted by molar-refractivity contribution is 6.32. The van der Waals surface area contributed by atoms with E-state index in [2.05, 4.69) is 0 Å². The average molecular weight is 257 g/mol. The van der Waals surface area contributed by atoms with Crippen molar-refractivity contribution in [3.05, 3.63) is 28.8 Å². The Morgan fingerprint density at radius 3 is 2.47 bits per heavy atom. The highest BCUT2D eigenvalue weighted by Crippen LogP contribution is 2.30. The molecular formula is C13H17ClO3. The van der Waals surface area contributed by atoms with Gasteiger partial charge in [-0.1, -0.05) is 24.6 Å². The molecule has 94 valence electrons. The Labute approximate surface area is 107 Å². The summed E-state index contributed by atoms with van der Waals surface area (Å²) in [6.45, 7) is 5.26. The lowest BCUT2D eigenvalue weighted by Crippen LogP contribution is -2.19. The number of halogens is 1. The Morgan fingerprint density at radius 1 is 1.35 bits per heavy atom. The Balaban J connectivity index is 2.85. The third-order valence-electron chi connectivity index (χ3n) is 2.76. The molecule has 3 nitrogen and oxygen atoms in total. The second-order valence-corrected chi connectivity index (χ2v) is 4.40. The van der Waals surface area contributed by atoms with E-state index >= 15 is 0 Å². The maximum Gasteiger partial charge on any atom is 0.302 e. The molecule has 0 radical (unpaired) electrons. The van der Waals surface area contributed by atoms with E-state index in [1.54, 1.807) is 7.11 Å². The van der Waals surface area contributed by atoms with Gasteiger partial charge >= 0.3 is 5.97 Å². The summed E-state index contributed by atoms with van der Waals surface area (Å²) in [5.41, 5.74) is 1.02. The van der Waals surface area contributed by atoms with Crippen molar-refractivity contribution in [1.82, 2.24) is 0 Å². The second-order valence-electron chi connectivity index (χ2n) is 4.00. The molecule has 4 heteroatoms. The van der Waals surface area contributed by atoms with Crippen LogP contribution in [0.25, 0.3) is 0 Å². The molecule has 0 aromatic heterocycles. The van der Waals surface area contributed by atoms with E-state index in [0.29, 0.717) is 10.8 Å². The first kappa shape index (κ1) is 13.8. The first-order valence-corrected chi connectivity index (χ1v) is 5.84. The fourth-order valence-electron chi connectivity index (χ4n) is 1.60. The van der Waals surface area contributed by atoms with E-state index < -0.39 is 0 Å². The fraction of sp³-hybridized carbons (Fsp3) is 0.462. The molecule has 1 aromatic carbocycles. The molecule has 0 bridgehead atoms.